The monoisotopic (exact) mass is 298 g/mol. The molecule has 0 saturated carbocycles. The van der Waals surface area contributed by atoms with E-state index in [-0.39, 0.29) is 0 Å². The molecule has 22 heavy (non-hydrogen) atoms. The van der Waals surface area contributed by atoms with Crippen molar-refractivity contribution in [2.45, 2.75) is 25.7 Å². The van der Waals surface area contributed by atoms with E-state index in [1.807, 2.05) is 0 Å². The van der Waals surface area contributed by atoms with E-state index in [1.54, 1.807) is 0 Å². The van der Waals surface area contributed by atoms with E-state index in [2.05, 4.69) is 11.8 Å². The summed E-state index contributed by atoms with van der Waals surface area (Å²) in [4.78, 5) is 22.3. The molecule has 114 valence electrons. The number of unbranched alkanes of at least 4 members (excludes halogenated alkanes) is 2. The molecule has 0 bridgehead atoms. The fourth-order valence-electron chi connectivity index (χ4n) is 1.74. The van der Waals surface area contributed by atoms with Gasteiger partial charge in [-0.2, -0.15) is 0 Å². The number of rotatable bonds is 10. The van der Waals surface area contributed by atoms with Crippen molar-refractivity contribution in [3.63, 3.8) is 0 Å². The lowest BCUT2D eigenvalue weighted by Crippen LogP contribution is -2.04. The fourth-order valence-corrected chi connectivity index (χ4v) is 1.74. The third-order valence-corrected chi connectivity index (χ3v) is 2.84. The van der Waals surface area contributed by atoms with Gasteiger partial charge in [0.2, 0.25) is 0 Å². The number of terminal acetylenes is 2. The highest BCUT2D eigenvalue weighted by atomic mass is 16.5. The predicted octanol–water partition coefficient (Wildman–Crippen LogP) is 2.90. The van der Waals surface area contributed by atoms with E-state index in [1.165, 1.54) is 12.1 Å². The minimum atomic E-state index is 0.332. The Labute approximate surface area is 130 Å². The van der Waals surface area contributed by atoms with E-state index >= 15 is 0 Å². The molecule has 1 aromatic rings. The van der Waals surface area contributed by atoms with Gasteiger partial charge in [-0.25, -0.2) is 0 Å². The zero-order chi connectivity index (χ0) is 16.2. The van der Waals surface area contributed by atoms with Crippen molar-refractivity contribution < 1.29 is 19.1 Å². The largest absolute Gasteiger partial charge is 0.493 e. The van der Waals surface area contributed by atoms with Crippen LogP contribution in [0, 0.1) is 24.7 Å². The third kappa shape index (κ3) is 5.34. The number of benzene rings is 1. The average molecular weight is 298 g/mol. The van der Waals surface area contributed by atoms with Crippen molar-refractivity contribution in [3.8, 4) is 36.2 Å². The smallest absolute Gasteiger partial charge is 0.153 e. The van der Waals surface area contributed by atoms with E-state index < -0.39 is 0 Å². The van der Waals surface area contributed by atoms with Gasteiger partial charge in [-0.1, -0.05) is 0 Å². The van der Waals surface area contributed by atoms with Crippen molar-refractivity contribution in [1.29, 1.82) is 0 Å². The number of carbonyl (C=O) groups excluding carboxylic acids is 2. The molecule has 0 spiro atoms. The van der Waals surface area contributed by atoms with Crippen LogP contribution in [-0.4, -0.2) is 25.8 Å². The van der Waals surface area contributed by atoms with Gasteiger partial charge in [0.25, 0.3) is 0 Å². The minimum absolute atomic E-state index is 0.332. The fraction of sp³-hybridized carbons (Fsp3) is 0.333. The van der Waals surface area contributed by atoms with Crippen LogP contribution in [0.1, 0.15) is 46.4 Å². The van der Waals surface area contributed by atoms with Crippen LogP contribution in [0.3, 0.4) is 0 Å². The summed E-state index contributed by atoms with van der Waals surface area (Å²) >= 11 is 0. The van der Waals surface area contributed by atoms with E-state index in [0.717, 1.165) is 0 Å². The molecule has 0 unspecified atom stereocenters. The zero-order valence-corrected chi connectivity index (χ0v) is 12.3. The number of carbonyl (C=O) groups is 2. The maximum atomic E-state index is 11.2. The number of hydrogen-bond acceptors (Lipinski definition) is 4. The Morgan fingerprint density at radius 3 is 1.59 bits per heavy atom. The van der Waals surface area contributed by atoms with Crippen LogP contribution < -0.4 is 9.47 Å². The van der Waals surface area contributed by atoms with Gasteiger partial charge in [-0.3, -0.25) is 9.59 Å². The maximum absolute atomic E-state index is 11.2. The van der Waals surface area contributed by atoms with Gasteiger partial charge in [0.15, 0.2) is 12.6 Å². The summed E-state index contributed by atoms with van der Waals surface area (Å²) in [7, 11) is 0. The van der Waals surface area contributed by atoms with E-state index in [9.17, 15) is 9.59 Å². The van der Waals surface area contributed by atoms with Crippen LogP contribution in [0.15, 0.2) is 12.1 Å². The number of hydrogen-bond donors (Lipinski definition) is 0. The SMILES string of the molecule is C#CCCCOc1cc(C=O)c(OCCCC#C)cc1C=O. The van der Waals surface area contributed by atoms with Crippen molar-refractivity contribution in [1.82, 2.24) is 0 Å². The van der Waals surface area contributed by atoms with Crippen LogP contribution in [0.2, 0.25) is 0 Å². The molecule has 0 amide bonds. The molecule has 0 saturated heterocycles. The summed E-state index contributed by atoms with van der Waals surface area (Å²) < 4.78 is 11.0. The first-order valence-corrected chi connectivity index (χ1v) is 6.97. The molecule has 0 aliphatic heterocycles. The van der Waals surface area contributed by atoms with Crippen molar-refractivity contribution in [2.24, 2.45) is 0 Å². The Bertz CT molecular complexity index is 537. The standard InChI is InChI=1S/C18H18O4/c1-3-5-7-9-21-17-11-16(14-20)18(12-15(17)13-19)22-10-8-6-4-2/h1-2,11-14H,5-10H2. The molecule has 0 radical (unpaired) electrons. The molecular formula is C18H18O4. The van der Waals surface area contributed by atoms with Gasteiger partial charge >= 0.3 is 0 Å². The summed E-state index contributed by atoms with van der Waals surface area (Å²) in [5, 5.41) is 0. The molecule has 4 heteroatoms. The topological polar surface area (TPSA) is 52.6 Å². The van der Waals surface area contributed by atoms with Gasteiger partial charge in [0, 0.05) is 12.8 Å². The Balaban J connectivity index is 2.83. The lowest BCUT2D eigenvalue weighted by Gasteiger charge is -2.13. The maximum Gasteiger partial charge on any atom is 0.153 e. The van der Waals surface area contributed by atoms with Crippen LogP contribution in [-0.2, 0) is 0 Å². The second kappa shape index (κ2) is 10.1. The summed E-state index contributed by atoms with van der Waals surface area (Å²) in [6.07, 6.45) is 14.2. The summed E-state index contributed by atoms with van der Waals surface area (Å²) in [5.41, 5.74) is 0.663. The van der Waals surface area contributed by atoms with E-state index in [4.69, 9.17) is 22.3 Å². The lowest BCUT2D eigenvalue weighted by atomic mass is 10.1. The van der Waals surface area contributed by atoms with Crippen molar-refractivity contribution in [2.75, 3.05) is 13.2 Å². The molecule has 0 heterocycles. The molecule has 0 aliphatic carbocycles. The molecule has 0 N–H and O–H groups in total. The summed E-state index contributed by atoms with van der Waals surface area (Å²) in [6, 6.07) is 3.01. The first kappa shape index (κ1) is 17.3. The van der Waals surface area contributed by atoms with Gasteiger partial charge < -0.3 is 9.47 Å². The first-order chi connectivity index (χ1) is 10.8. The minimum Gasteiger partial charge on any atom is -0.493 e. The van der Waals surface area contributed by atoms with Crippen LogP contribution in [0.4, 0.5) is 0 Å². The zero-order valence-electron chi connectivity index (χ0n) is 12.3. The second-order valence-electron chi connectivity index (χ2n) is 4.48. The molecule has 0 aliphatic rings. The average Bonchev–Trinajstić information content (AvgIpc) is 2.55. The molecule has 0 atom stereocenters. The second-order valence-corrected chi connectivity index (χ2v) is 4.48. The normalized spacial score (nSPS) is 9.36. The number of aldehydes is 2. The first-order valence-electron chi connectivity index (χ1n) is 6.97. The number of ether oxygens (including phenoxy) is 2. The van der Waals surface area contributed by atoms with E-state index in [0.29, 0.717) is 74.1 Å². The molecule has 0 fully saturated rings. The molecular weight excluding hydrogens is 280 g/mol. The third-order valence-electron chi connectivity index (χ3n) is 2.84. The summed E-state index contributed by atoms with van der Waals surface area (Å²) in [6.45, 7) is 0.761. The quantitative estimate of drug-likeness (QED) is 0.378. The Hall–Kier alpha value is -2.72. The highest BCUT2D eigenvalue weighted by Gasteiger charge is 2.11. The van der Waals surface area contributed by atoms with Crippen molar-refractivity contribution in [3.05, 3.63) is 23.3 Å². The van der Waals surface area contributed by atoms with Crippen molar-refractivity contribution >= 4 is 12.6 Å². The summed E-state index contributed by atoms with van der Waals surface area (Å²) in [5.74, 6) is 5.72. The van der Waals surface area contributed by atoms with Gasteiger partial charge in [-0.05, 0) is 25.0 Å². The van der Waals surface area contributed by atoms with Gasteiger partial charge in [0.05, 0.1) is 24.3 Å². The highest BCUT2D eigenvalue weighted by molar-refractivity contribution is 5.87. The molecule has 4 nitrogen and oxygen atoms in total. The highest BCUT2D eigenvalue weighted by Crippen LogP contribution is 2.27. The van der Waals surface area contributed by atoms with Crippen LogP contribution in [0.5, 0.6) is 11.5 Å². The lowest BCUT2D eigenvalue weighted by molar-refractivity contribution is 0.110. The van der Waals surface area contributed by atoms with Gasteiger partial charge in [0.1, 0.15) is 11.5 Å². The Kier molecular flexibility index (Phi) is 7.93. The van der Waals surface area contributed by atoms with Crippen LogP contribution in [0.25, 0.3) is 0 Å². The Morgan fingerprint density at radius 2 is 1.27 bits per heavy atom. The molecule has 1 rings (SSSR count). The van der Waals surface area contributed by atoms with Gasteiger partial charge in [-0.15, -0.1) is 24.7 Å². The Morgan fingerprint density at radius 1 is 0.864 bits per heavy atom. The predicted molar refractivity (Wildman–Crippen MR) is 84.3 cm³/mol. The molecule has 1 aromatic carbocycles. The van der Waals surface area contributed by atoms with Crippen LogP contribution >= 0.6 is 0 Å². The molecule has 0 aromatic heterocycles.